The predicted molar refractivity (Wildman–Crippen MR) is 76.9 cm³/mol. The molecule has 0 unspecified atom stereocenters. The van der Waals surface area contributed by atoms with E-state index in [2.05, 4.69) is 15.6 Å². The molecule has 1 aromatic rings. The van der Waals surface area contributed by atoms with Crippen LogP contribution in [0.2, 0.25) is 0 Å². The second-order valence-electron chi connectivity index (χ2n) is 5.53. The molecule has 0 aliphatic rings. The Morgan fingerprint density at radius 3 is 2.52 bits per heavy atom. The number of amides is 2. The van der Waals surface area contributed by atoms with Crippen LogP contribution in [0.3, 0.4) is 0 Å². The minimum Gasteiger partial charge on any atom is -0.478 e. The number of hydrogen-bond acceptors (Lipinski definition) is 4. The first-order chi connectivity index (χ1) is 9.71. The van der Waals surface area contributed by atoms with Crippen molar-refractivity contribution in [2.75, 3.05) is 11.9 Å². The van der Waals surface area contributed by atoms with E-state index in [4.69, 9.17) is 5.11 Å². The number of nitrogens with one attached hydrogen (secondary N) is 2. The number of anilines is 1. The smallest absolute Gasteiger partial charge is 0.337 e. The molecule has 0 saturated heterocycles. The average molecular weight is 293 g/mol. The predicted octanol–water partition coefficient (Wildman–Crippen LogP) is 1.27. The molecule has 1 heterocycles. The van der Waals surface area contributed by atoms with Crippen molar-refractivity contribution >= 4 is 23.5 Å². The third kappa shape index (κ3) is 5.21. The Balaban J connectivity index is 2.52. The lowest BCUT2D eigenvalue weighted by Crippen LogP contribution is -2.36. The highest BCUT2D eigenvalue weighted by Gasteiger charge is 2.20. The van der Waals surface area contributed by atoms with Crippen molar-refractivity contribution in [3.05, 3.63) is 24.0 Å². The zero-order chi connectivity index (χ0) is 16.0. The van der Waals surface area contributed by atoms with E-state index in [0.29, 0.717) is 0 Å². The molecule has 0 saturated carbocycles. The second-order valence-corrected chi connectivity index (χ2v) is 5.53. The molecule has 7 heteroatoms. The SMILES string of the molecule is CC(C)(C)C(=O)NCCC(=O)Nc1cnccc1C(=O)O. The lowest BCUT2D eigenvalue weighted by Gasteiger charge is -2.17. The molecule has 114 valence electrons. The van der Waals surface area contributed by atoms with Crippen LogP contribution >= 0.6 is 0 Å². The van der Waals surface area contributed by atoms with Crippen molar-refractivity contribution in [3.8, 4) is 0 Å². The minimum absolute atomic E-state index is 0.0305. The summed E-state index contributed by atoms with van der Waals surface area (Å²) in [6.07, 6.45) is 2.66. The fourth-order valence-corrected chi connectivity index (χ4v) is 1.45. The molecule has 2 amide bonds. The molecule has 0 aliphatic heterocycles. The van der Waals surface area contributed by atoms with Gasteiger partial charge in [0.05, 0.1) is 17.4 Å². The standard InChI is InChI=1S/C14H19N3O4/c1-14(2,3)13(21)16-7-5-11(18)17-10-8-15-6-4-9(10)12(19)20/h4,6,8H,5,7H2,1-3H3,(H,16,21)(H,17,18)(H,19,20). The molecule has 0 aromatic carbocycles. The van der Waals surface area contributed by atoms with Gasteiger partial charge in [-0.1, -0.05) is 20.8 Å². The largest absolute Gasteiger partial charge is 0.478 e. The summed E-state index contributed by atoms with van der Waals surface area (Å²) in [7, 11) is 0. The third-order valence-corrected chi connectivity index (χ3v) is 2.64. The van der Waals surface area contributed by atoms with Crippen LogP contribution in [0.5, 0.6) is 0 Å². The molecule has 0 aliphatic carbocycles. The van der Waals surface area contributed by atoms with E-state index in [1.165, 1.54) is 18.5 Å². The van der Waals surface area contributed by atoms with E-state index in [9.17, 15) is 14.4 Å². The van der Waals surface area contributed by atoms with Gasteiger partial charge in [-0.3, -0.25) is 14.6 Å². The van der Waals surface area contributed by atoms with E-state index >= 15 is 0 Å². The zero-order valence-corrected chi connectivity index (χ0v) is 12.3. The first-order valence-electron chi connectivity index (χ1n) is 6.47. The van der Waals surface area contributed by atoms with Crippen LogP contribution in [0.1, 0.15) is 37.6 Å². The Morgan fingerprint density at radius 1 is 1.29 bits per heavy atom. The Bertz CT molecular complexity index is 549. The van der Waals surface area contributed by atoms with Crippen molar-refractivity contribution < 1.29 is 19.5 Å². The van der Waals surface area contributed by atoms with Gasteiger partial charge in [0, 0.05) is 24.6 Å². The maximum Gasteiger partial charge on any atom is 0.337 e. The molecule has 0 atom stereocenters. The Labute approximate surface area is 122 Å². The molecule has 0 spiro atoms. The Morgan fingerprint density at radius 2 is 1.95 bits per heavy atom. The van der Waals surface area contributed by atoms with Gasteiger partial charge in [-0.05, 0) is 6.07 Å². The van der Waals surface area contributed by atoms with Crippen LogP contribution in [0.15, 0.2) is 18.5 Å². The van der Waals surface area contributed by atoms with Crippen molar-refractivity contribution in [3.63, 3.8) is 0 Å². The summed E-state index contributed by atoms with van der Waals surface area (Å²) >= 11 is 0. The van der Waals surface area contributed by atoms with Crippen molar-refractivity contribution in [2.45, 2.75) is 27.2 Å². The fraction of sp³-hybridized carbons (Fsp3) is 0.429. The van der Waals surface area contributed by atoms with Crippen LogP contribution in [-0.2, 0) is 9.59 Å². The van der Waals surface area contributed by atoms with Gasteiger partial charge in [0.15, 0.2) is 0 Å². The molecular formula is C14H19N3O4. The summed E-state index contributed by atoms with van der Waals surface area (Å²) in [5, 5.41) is 14.1. The van der Waals surface area contributed by atoms with E-state index in [-0.39, 0.29) is 36.0 Å². The summed E-state index contributed by atoms with van der Waals surface area (Å²) in [5.74, 6) is -1.68. The molecule has 0 fully saturated rings. The van der Waals surface area contributed by atoms with Crippen LogP contribution in [0.4, 0.5) is 5.69 Å². The van der Waals surface area contributed by atoms with E-state index in [0.717, 1.165) is 0 Å². The van der Waals surface area contributed by atoms with Crippen LogP contribution in [0.25, 0.3) is 0 Å². The van der Waals surface area contributed by atoms with Crippen molar-refractivity contribution in [1.82, 2.24) is 10.3 Å². The number of hydrogen-bond donors (Lipinski definition) is 3. The maximum absolute atomic E-state index is 11.7. The number of nitrogens with zero attached hydrogens (tertiary/aromatic N) is 1. The van der Waals surface area contributed by atoms with Gasteiger partial charge >= 0.3 is 5.97 Å². The van der Waals surface area contributed by atoms with Crippen LogP contribution in [0, 0.1) is 5.41 Å². The molecule has 1 aromatic heterocycles. The highest BCUT2D eigenvalue weighted by molar-refractivity contribution is 6.00. The molecular weight excluding hydrogens is 274 g/mol. The Hall–Kier alpha value is -2.44. The quantitative estimate of drug-likeness (QED) is 0.757. The van der Waals surface area contributed by atoms with E-state index in [1.807, 2.05) is 0 Å². The van der Waals surface area contributed by atoms with Gasteiger partial charge in [-0.25, -0.2) is 4.79 Å². The van der Waals surface area contributed by atoms with Crippen molar-refractivity contribution in [2.24, 2.45) is 5.41 Å². The van der Waals surface area contributed by atoms with Gasteiger partial charge in [0.2, 0.25) is 11.8 Å². The average Bonchev–Trinajstić information content (AvgIpc) is 2.37. The molecule has 0 radical (unpaired) electrons. The van der Waals surface area contributed by atoms with Crippen LogP contribution < -0.4 is 10.6 Å². The Kier molecular flexibility index (Phi) is 5.40. The summed E-state index contributed by atoms with van der Waals surface area (Å²) in [6, 6.07) is 1.30. The molecule has 7 nitrogen and oxygen atoms in total. The van der Waals surface area contributed by atoms with Gasteiger partial charge < -0.3 is 15.7 Å². The molecule has 3 N–H and O–H groups in total. The summed E-state index contributed by atoms with van der Waals surface area (Å²) in [4.78, 5) is 38.1. The maximum atomic E-state index is 11.7. The topological polar surface area (TPSA) is 108 Å². The summed E-state index contributed by atoms with van der Waals surface area (Å²) in [6.45, 7) is 5.51. The van der Waals surface area contributed by atoms with Gasteiger partial charge in [-0.15, -0.1) is 0 Å². The fourth-order valence-electron chi connectivity index (χ4n) is 1.45. The lowest BCUT2D eigenvalue weighted by atomic mass is 9.96. The number of carboxylic acid groups (broad SMARTS) is 1. The third-order valence-electron chi connectivity index (χ3n) is 2.64. The molecule has 1 rings (SSSR count). The highest BCUT2D eigenvalue weighted by Crippen LogP contribution is 2.14. The summed E-state index contributed by atoms with van der Waals surface area (Å²) < 4.78 is 0. The van der Waals surface area contributed by atoms with Crippen molar-refractivity contribution in [1.29, 1.82) is 0 Å². The van der Waals surface area contributed by atoms with Crippen LogP contribution in [-0.4, -0.2) is 34.4 Å². The lowest BCUT2D eigenvalue weighted by molar-refractivity contribution is -0.128. The monoisotopic (exact) mass is 293 g/mol. The van der Waals surface area contributed by atoms with E-state index in [1.54, 1.807) is 20.8 Å². The number of carbonyl (C=O) groups is 3. The second kappa shape index (κ2) is 6.83. The number of rotatable bonds is 5. The summed E-state index contributed by atoms with van der Waals surface area (Å²) in [5.41, 5.74) is -0.412. The van der Waals surface area contributed by atoms with Gasteiger partial charge in [0.25, 0.3) is 0 Å². The molecule has 21 heavy (non-hydrogen) atoms. The number of carboxylic acids is 1. The highest BCUT2D eigenvalue weighted by atomic mass is 16.4. The zero-order valence-electron chi connectivity index (χ0n) is 12.3. The number of carbonyl (C=O) groups excluding carboxylic acids is 2. The van der Waals surface area contributed by atoms with Gasteiger partial charge in [-0.2, -0.15) is 0 Å². The van der Waals surface area contributed by atoms with Gasteiger partial charge in [0.1, 0.15) is 0 Å². The first-order valence-corrected chi connectivity index (χ1v) is 6.47. The number of aromatic nitrogens is 1. The normalized spacial score (nSPS) is 10.8. The minimum atomic E-state index is -1.14. The molecule has 0 bridgehead atoms. The number of aromatic carboxylic acids is 1. The first kappa shape index (κ1) is 16.6. The number of pyridine rings is 1. The van der Waals surface area contributed by atoms with E-state index < -0.39 is 11.4 Å².